The minimum atomic E-state index is -0.127. The van der Waals surface area contributed by atoms with E-state index >= 15 is 0 Å². The van der Waals surface area contributed by atoms with Crippen molar-refractivity contribution in [2.24, 2.45) is 7.05 Å². The number of aryl methyl sites for hydroxylation is 2. The smallest absolute Gasteiger partial charge is 0.272 e. The van der Waals surface area contributed by atoms with E-state index in [1.54, 1.807) is 12.3 Å². The Kier molecular flexibility index (Phi) is 3.91. The van der Waals surface area contributed by atoms with E-state index in [9.17, 15) is 4.79 Å². The molecule has 0 saturated heterocycles. The van der Waals surface area contributed by atoms with E-state index in [0.29, 0.717) is 0 Å². The summed E-state index contributed by atoms with van der Waals surface area (Å²) in [5.74, 6) is 0. The first-order valence-corrected chi connectivity index (χ1v) is 9.59. The van der Waals surface area contributed by atoms with Gasteiger partial charge in [0, 0.05) is 49.3 Å². The SMILES string of the molecule is Cc1ccc(-c2cnn(-c3ccc4c5c(n(C)c4c3)CCNC5)c(=O)c2)cc1. The maximum atomic E-state index is 12.8. The molecule has 0 amide bonds. The number of hydrogen-bond acceptors (Lipinski definition) is 3. The quantitative estimate of drug-likeness (QED) is 0.589. The first-order chi connectivity index (χ1) is 13.6. The Balaban J connectivity index is 1.59. The van der Waals surface area contributed by atoms with Crippen molar-refractivity contribution in [2.75, 3.05) is 6.54 Å². The van der Waals surface area contributed by atoms with Crippen LogP contribution in [0.25, 0.3) is 27.7 Å². The van der Waals surface area contributed by atoms with E-state index in [0.717, 1.165) is 41.8 Å². The maximum absolute atomic E-state index is 12.8. The molecule has 0 unspecified atom stereocenters. The van der Waals surface area contributed by atoms with E-state index < -0.39 is 0 Å². The topological polar surface area (TPSA) is 51.9 Å². The number of rotatable bonds is 2. The van der Waals surface area contributed by atoms with E-state index in [-0.39, 0.29) is 5.56 Å². The van der Waals surface area contributed by atoms with E-state index in [1.807, 2.05) is 37.3 Å². The predicted octanol–water partition coefficient (Wildman–Crippen LogP) is 3.35. The molecule has 0 atom stereocenters. The first kappa shape index (κ1) is 17.0. The lowest BCUT2D eigenvalue weighted by Crippen LogP contribution is -2.24. The second-order valence-corrected chi connectivity index (χ2v) is 7.47. The summed E-state index contributed by atoms with van der Waals surface area (Å²) in [5.41, 5.74) is 7.58. The standard InChI is InChI=1S/C23H22N4O/c1-15-3-5-16(6-4-15)17-11-23(28)27(25-13-17)18-7-8-19-20-14-24-10-9-21(20)26(2)22(19)12-18/h3-8,11-13,24H,9-10,14H2,1-2H3. The summed E-state index contributed by atoms with van der Waals surface area (Å²) >= 11 is 0. The molecule has 0 fully saturated rings. The highest BCUT2D eigenvalue weighted by molar-refractivity contribution is 5.87. The molecule has 4 aromatic rings. The van der Waals surface area contributed by atoms with Crippen LogP contribution in [0.5, 0.6) is 0 Å². The first-order valence-electron chi connectivity index (χ1n) is 9.59. The molecule has 0 bridgehead atoms. The van der Waals surface area contributed by atoms with Crippen LogP contribution in [0.1, 0.15) is 16.8 Å². The van der Waals surface area contributed by atoms with Gasteiger partial charge in [-0.2, -0.15) is 9.78 Å². The van der Waals surface area contributed by atoms with Crippen molar-refractivity contribution in [3.05, 3.63) is 81.9 Å². The molecule has 5 rings (SSSR count). The Morgan fingerprint density at radius 1 is 1.04 bits per heavy atom. The number of aromatic nitrogens is 3. The molecule has 1 aliphatic rings. The number of benzene rings is 2. The van der Waals surface area contributed by atoms with Crippen LogP contribution in [-0.4, -0.2) is 20.9 Å². The number of hydrogen-bond donors (Lipinski definition) is 1. The highest BCUT2D eigenvalue weighted by Crippen LogP contribution is 2.29. The van der Waals surface area contributed by atoms with E-state index in [1.165, 1.54) is 26.9 Å². The lowest BCUT2D eigenvalue weighted by Gasteiger charge is -2.14. The maximum Gasteiger partial charge on any atom is 0.272 e. The molecule has 0 aliphatic carbocycles. The third kappa shape index (κ3) is 2.67. The van der Waals surface area contributed by atoms with Crippen molar-refractivity contribution in [1.29, 1.82) is 0 Å². The van der Waals surface area contributed by atoms with Crippen LogP contribution < -0.4 is 10.9 Å². The summed E-state index contributed by atoms with van der Waals surface area (Å²) in [7, 11) is 2.10. The van der Waals surface area contributed by atoms with E-state index in [2.05, 4.69) is 34.2 Å². The number of nitrogens with zero attached hydrogens (tertiary/aromatic N) is 3. The fourth-order valence-corrected chi connectivity index (χ4v) is 4.13. The second kappa shape index (κ2) is 6.46. The Labute approximate surface area is 163 Å². The highest BCUT2D eigenvalue weighted by Gasteiger charge is 2.18. The lowest BCUT2D eigenvalue weighted by molar-refractivity contribution is 0.622. The number of nitrogens with one attached hydrogen (secondary N) is 1. The average Bonchev–Trinajstić information content (AvgIpc) is 3.01. The van der Waals surface area contributed by atoms with Gasteiger partial charge in [0.2, 0.25) is 0 Å². The predicted molar refractivity (Wildman–Crippen MR) is 112 cm³/mol. The van der Waals surface area contributed by atoms with Crippen LogP contribution >= 0.6 is 0 Å². The third-order valence-corrected chi connectivity index (χ3v) is 5.69. The van der Waals surface area contributed by atoms with Crippen molar-refractivity contribution < 1.29 is 0 Å². The van der Waals surface area contributed by atoms with Crippen LogP contribution in [0.15, 0.2) is 59.5 Å². The Morgan fingerprint density at radius 2 is 1.86 bits per heavy atom. The van der Waals surface area contributed by atoms with Gasteiger partial charge in [-0.1, -0.05) is 35.9 Å². The normalized spacial score (nSPS) is 13.6. The van der Waals surface area contributed by atoms with Gasteiger partial charge in [-0.3, -0.25) is 4.79 Å². The molecule has 1 aliphatic heterocycles. The fraction of sp³-hybridized carbons (Fsp3) is 0.217. The Hall–Kier alpha value is -3.18. The molecule has 5 nitrogen and oxygen atoms in total. The van der Waals surface area contributed by atoms with Gasteiger partial charge in [0.25, 0.3) is 5.56 Å². The highest BCUT2D eigenvalue weighted by atomic mass is 16.1. The van der Waals surface area contributed by atoms with Crippen molar-refractivity contribution in [3.8, 4) is 16.8 Å². The fourth-order valence-electron chi connectivity index (χ4n) is 4.13. The van der Waals surface area contributed by atoms with Gasteiger partial charge < -0.3 is 9.88 Å². The molecule has 3 heterocycles. The molecule has 0 spiro atoms. The summed E-state index contributed by atoms with van der Waals surface area (Å²) < 4.78 is 3.72. The molecule has 28 heavy (non-hydrogen) atoms. The van der Waals surface area contributed by atoms with Gasteiger partial charge in [-0.15, -0.1) is 0 Å². The average molecular weight is 370 g/mol. The minimum Gasteiger partial charge on any atom is -0.347 e. The number of fused-ring (bicyclic) bond motifs is 3. The van der Waals surface area contributed by atoms with Crippen molar-refractivity contribution in [1.82, 2.24) is 19.7 Å². The zero-order valence-electron chi connectivity index (χ0n) is 16.1. The van der Waals surface area contributed by atoms with Gasteiger partial charge in [0.05, 0.1) is 17.4 Å². The Bertz CT molecular complexity index is 1250. The molecule has 140 valence electrons. The lowest BCUT2D eigenvalue weighted by atomic mass is 10.1. The monoisotopic (exact) mass is 370 g/mol. The van der Waals surface area contributed by atoms with Crippen LogP contribution in [0.3, 0.4) is 0 Å². The van der Waals surface area contributed by atoms with Gasteiger partial charge in [-0.05, 0) is 30.2 Å². The van der Waals surface area contributed by atoms with Crippen LogP contribution in [0.2, 0.25) is 0 Å². The van der Waals surface area contributed by atoms with Crippen molar-refractivity contribution in [3.63, 3.8) is 0 Å². The van der Waals surface area contributed by atoms with Gasteiger partial charge >= 0.3 is 0 Å². The van der Waals surface area contributed by atoms with Gasteiger partial charge in [-0.25, -0.2) is 0 Å². The zero-order chi connectivity index (χ0) is 19.3. The molecular formula is C23H22N4O. The molecular weight excluding hydrogens is 348 g/mol. The minimum absolute atomic E-state index is 0.127. The molecule has 0 radical (unpaired) electrons. The summed E-state index contributed by atoms with van der Waals surface area (Å²) in [6.45, 7) is 3.95. The van der Waals surface area contributed by atoms with Gasteiger partial charge in [0.1, 0.15) is 0 Å². The third-order valence-electron chi connectivity index (χ3n) is 5.69. The van der Waals surface area contributed by atoms with Crippen LogP contribution in [0, 0.1) is 6.92 Å². The zero-order valence-corrected chi connectivity index (χ0v) is 16.1. The van der Waals surface area contributed by atoms with E-state index in [4.69, 9.17) is 0 Å². The molecule has 1 N–H and O–H groups in total. The molecule has 2 aromatic heterocycles. The van der Waals surface area contributed by atoms with Crippen molar-refractivity contribution in [2.45, 2.75) is 19.9 Å². The Morgan fingerprint density at radius 3 is 2.64 bits per heavy atom. The summed E-state index contributed by atoms with van der Waals surface area (Å²) in [5, 5.41) is 9.14. The molecule has 0 saturated carbocycles. The summed E-state index contributed by atoms with van der Waals surface area (Å²) in [6, 6.07) is 15.9. The van der Waals surface area contributed by atoms with Gasteiger partial charge in [0.15, 0.2) is 0 Å². The molecule has 2 aromatic carbocycles. The summed E-state index contributed by atoms with van der Waals surface area (Å²) in [6.07, 6.45) is 2.79. The second-order valence-electron chi connectivity index (χ2n) is 7.47. The largest absolute Gasteiger partial charge is 0.347 e. The molecule has 5 heteroatoms. The summed E-state index contributed by atoms with van der Waals surface area (Å²) in [4.78, 5) is 12.8. The van der Waals surface area contributed by atoms with Crippen LogP contribution in [0.4, 0.5) is 0 Å². The van der Waals surface area contributed by atoms with Crippen molar-refractivity contribution >= 4 is 10.9 Å². The van der Waals surface area contributed by atoms with Crippen LogP contribution in [-0.2, 0) is 20.0 Å².